The Morgan fingerprint density at radius 3 is 0.906 bits per heavy atom. The molecule has 0 unspecified atom stereocenters. The van der Waals surface area contributed by atoms with Gasteiger partial charge in [0.05, 0.1) is 23.0 Å². The highest BCUT2D eigenvalue weighted by Gasteiger charge is 2.43. The average molecular weight is 850 g/mol. The van der Waals surface area contributed by atoms with Gasteiger partial charge in [0.15, 0.2) is 22.0 Å². The molecule has 0 radical (unpaired) electrons. The summed E-state index contributed by atoms with van der Waals surface area (Å²) in [6.45, 7) is 0. The Kier molecular flexibility index (Phi) is 11.1. The van der Waals surface area contributed by atoms with Crippen molar-refractivity contribution in [1.29, 1.82) is 5.26 Å². The van der Waals surface area contributed by atoms with Crippen LogP contribution in [0.3, 0.4) is 0 Å². The van der Waals surface area contributed by atoms with Crippen LogP contribution in [0.2, 0.25) is 0 Å². The Labute approximate surface area is 377 Å². The molecule has 3 nitrogen and oxygen atoms in total. The molecule has 0 saturated heterocycles. The highest BCUT2D eigenvalue weighted by molar-refractivity contribution is 7.20. The fourth-order valence-corrected chi connectivity index (χ4v) is 19.1. The van der Waals surface area contributed by atoms with E-state index in [1.54, 1.807) is 0 Å². The number of nitriles is 1. The predicted octanol–water partition coefficient (Wildman–Crippen LogP) is 8.10. The summed E-state index contributed by atoms with van der Waals surface area (Å²) in [6.07, 6.45) is 0. The number of hydrogen-bond donors (Lipinski definition) is 0. The molecule has 0 bridgehead atoms. The van der Waals surface area contributed by atoms with Gasteiger partial charge in [-0.3, -0.25) is 0 Å². The summed E-state index contributed by atoms with van der Waals surface area (Å²) in [5, 5.41) is 20.3. The molecule has 0 spiro atoms. The van der Waals surface area contributed by atoms with Crippen molar-refractivity contribution in [3.63, 3.8) is 0 Å². The number of nitrogens with zero attached hydrogens (tertiary/aromatic N) is 3. The van der Waals surface area contributed by atoms with E-state index in [4.69, 9.17) is 9.97 Å². The van der Waals surface area contributed by atoms with E-state index in [2.05, 4.69) is 243 Å². The van der Waals surface area contributed by atoms with Crippen molar-refractivity contribution in [2.45, 2.75) is 0 Å². The fraction of sp³-hybridized carbons (Fsp3) is 0. The molecule has 10 aromatic rings. The smallest absolute Gasteiger partial charge is 0.179 e. The van der Waals surface area contributed by atoms with Gasteiger partial charge in [0, 0.05) is 16.7 Å². The monoisotopic (exact) mass is 849 g/mol. The Balaban J connectivity index is 1.21. The molecule has 0 fully saturated rings. The van der Waals surface area contributed by atoms with Crippen molar-refractivity contribution in [2.24, 2.45) is 0 Å². The fourth-order valence-electron chi connectivity index (χ4n) is 9.55. The maximum absolute atomic E-state index is 9.97. The van der Waals surface area contributed by atoms with Crippen LogP contribution < -0.4 is 41.5 Å². The Morgan fingerprint density at radius 2 is 0.578 bits per heavy atom. The molecular formula is C59H43N3Si2. The first-order valence-electron chi connectivity index (χ1n) is 21.6. The van der Waals surface area contributed by atoms with E-state index in [9.17, 15) is 5.26 Å². The van der Waals surface area contributed by atoms with Crippen molar-refractivity contribution in [3.05, 3.63) is 266 Å². The third-order valence-corrected chi connectivity index (χ3v) is 21.9. The zero-order chi connectivity index (χ0) is 43.2. The van der Waals surface area contributed by atoms with Crippen LogP contribution in [0.1, 0.15) is 5.56 Å². The lowest BCUT2D eigenvalue weighted by Crippen LogP contribution is -2.74. The van der Waals surface area contributed by atoms with E-state index in [1.807, 2.05) is 24.3 Å². The average Bonchev–Trinajstić information content (AvgIpc) is 3.39. The summed E-state index contributed by atoms with van der Waals surface area (Å²) in [4.78, 5) is 10.7. The quantitative estimate of drug-likeness (QED) is 0.0978. The van der Waals surface area contributed by atoms with Crippen molar-refractivity contribution < 1.29 is 0 Å². The van der Waals surface area contributed by atoms with Gasteiger partial charge in [-0.15, -0.1) is 0 Å². The predicted molar refractivity (Wildman–Crippen MR) is 270 cm³/mol. The minimum absolute atomic E-state index is 0.561. The van der Waals surface area contributed by atoms with Crippen LogP contribution >= 0.6 is 0 Å². The molecule has 64 heavy (non-hydrogen) atoms. The standard InChI is InChI=1S/C59H43N3Si2/c60-44-45-22-19-25-48(40-45)59-61-57(46-23-20-38-55(41-46)63(49-26-7-1-8-27-49,50-28-9-2-10-29-50)51-30-11-3-12-31-51)43-58(62-59)47-24-21-39-56(42-47)64(52-32-13-4-14-33-52,53-34-15-5-16-35-53)54-36-17-6-18-37-54/h1-43H. The van der Waals surface area contributed by atoms with Gasteiger partial charge < -0.3 is 0 Å². The third-order valence-electron chi connectivity index (χ3n) is 12.4. The third kappa shape index (κ3) is 7.31. The zero-order valence-electron chi connectivity index (χ0n) is 35.2. The highest BCUT2D eigenvalue weighted by atomic mass is 28.3. The van der Waals surface area contributed by atoms with Crippen LogP contribution in [0.5, 0.6) is 0 Å². The molecule has 0 N–H and O–H groups in total. The van der Waals surface area contributed by atoms with E-state index >= 15 is 0 Å². The zero-order valence-corrected chi connectivity index (χ0v) is 37.2. The van der Waals surface area contributed by atoms with E-state index in [0.29, 0.717) is 11.4 Å². The Hall–Kier alpha value is -8.02. The highest BCUT2D eigenvalue weighted by Crippen LogP contribution is 2.28. The van der Waals surface area contributed by atoms with Crippen molar-refractivity contribution in [1.82, 2.24) is 9.97 Å². The van der Waals surface area contributed by atoms with Crippen LogP contribution in [-0.2, 0) is 0 Å². The van der Waals surface area contributed by atoms with Gasteiger partial charge in [0.2, 0.25) is 0 Å². The largest absolute Gasteiger partial charge is 0.228 e. The van der Waals surface area contributed by atoms with Crippen LogP contribution in [-0.4, -0.2) is 26.1 Å². The summed E-state index contributed by atoms with van der Waals surface area (Å²) >= 11 is 0. The minimum atomic E-state index is -2.83. The molecule has 0 amide bonds. The Morgan fingerprint density at radius 1 is 0.281 bits per heavy atom. The second kappa shape index (κ2) is 17.8. The molecule has 1 heterocycles. The topological polar surface area (TPSA) is 49.6 Å². The van der Waals surface area contributed by atoms with E-state index in [1.165, 1.54) is 41.5 Å². The number of rotatable bonds is 11. The van der Waals surface area contributed by atoms with E-state index in [-0.39, 0.29) is 0 Å². The minimum Gasteiger partial charge on any atom is -0.228 e. The van der Waals surface area contributed by atoms with E-state index < -0.39 is 16.1 Å². The van der Waals surface area contributed by atoms with Gasteiger partial charge in [-0.1, -0.05) is 243 Å². The molecule has 0 aliphatic carbocycles. The Bertz CT molecular complexity index is 2830. The molecule has 9 aromatic carbocycles. The van der Waals surface area contributed by atoms with Gasteiger partial charge in [0.1, 0.15) is 0 Å². The van der Waals surface area contributed by atoms with Crippen LogP contribution in [0.25, 0.3) is 33.9 Å². The molecule has 10 rings (SSSR count). The lowest BCUT2D eigenvalue weighted by Gasteiger charge is -2.34. The molecule has 5 heteroatoms. The summed E-state index contributed by atoms with van der Waals surface area (Å²) in [6, 6.07) is 96.0. The normalized spacial score (nSPS) is 11.4. The number of benzene rings is 9. The first kappa shape index (κ1) is 40.1. The lowest BCUT2D eigenvalue weighted by atomic mass is 10.1. The molecule has 0 aliphatic rings. The number of aromatic nitrogens is 2. The second-order valence-electron chi connectivity index (χ2n) is 16.0. The first-order valence-corrected chi connectivity index (χ1v) is 25.6. The van der Waals surface area contributed by atoms with Crippen molar-refractivity contribution in [2.75, 3.05) is 0 Å². The first-order chi connectivity index (χ1) is 31.7. The summed E-state index contributed by atoms with van der Waals surface area (Å²) < 4.78 is 0. The van der Waals surface area contributed by atoms with E-state index in [0.717, 1.165) is 28.1 Å². The van der Waals surface area contributed by atoms with Crippen LogP contribution in [0.15, 0.2) is 261 Å². The summed E-state index contributed by atoms with van der Waals surface area (Å²) in [7, 11) is -5.66. The second-order valence-corrected chi connectivity index (χ2v) is 23.6. The lowest BCUT2D eigenvalue weighted by molar-refractivity contribution is 1.18. The molecule has 0 saturated carbocycles. The van der Waals surface area contributed by atoms with Crippen molar-refractivity contribution in [3.8, 4) is 40.0 Å². The maximum atomic E-state index is 9.97. The van der Waals surface area contributed by atoms with Gasteiger partial charge in [-0.25, -0.2) is 9.97 Å². The number of hydrogen-bond acceptors (Lipinski definition) is 3. The SMILES string of the molecule is N#Cc1cccc(-c2nc(-c3cccc([Si](c4ccccc4)(c4ccccc4)c4ccccc4)c3)cc(-c3cccc([Si](c4ccccc4)(c4ccccc4)c4ccccc4)c3)n2)c1. The van der Waals surface area contributed by atoms with Gasteiger partial charge in [-0.2, -0.15) is 5.26 Å². The molecule has 1 aromatic heterocycles. The van der Waals surface area contributed by atoms with Gasteiger partial charge >= 0.3 is 0 Å². The molecule has 302 valence electrons. The van der Waals surface area contributed by atoms with Crippen molar-refractivity contribution >= 4 is 57.6 Å². The van der Waals surface area contributed by atoms with Crippen LogP contribution in [0, 0.1) is 11.3 Å². The summed E-state index contributed by atoms with van der Waals surface area (Å²) in [5.41, 5.74) is 4.96. The van der Waals surface area contributed by atoms with Gasteiger partial charge in [-0.05, 0) is 59.7 Å². The maximum Gasteiger partial charge on any atom is 0.179 e. The molecule has 0 atom stereocenters. The summed E-state index contributed by atoms with van der Waals surface area (Å²) in [5.74, 6) is 0.566. The van der Waals surface area contributed by atoms with Crippen LogP contribution in [0.4, 0.5) is 0 Å². The molecule has 0 aliphatic heterocycles. The molecular weight excluding hydrogens is 807 g/mol. The van der Waals surface area contributed by atoms with Gasteiger partial charge in [0.25, 0.3) is 0 Å².